The molecule has 10 heteroatoms. The molecule has 10 nitrogen and oxygen atoms in total. The standard InChI is InChI=1S/C28H39NO9/c30-9-3-4-10-36-27-20-22(24-21-37-25-6-2-1-5-23(24)25)19-26(38-27)28(31)29-7-11-32-13-15-34-17-18-35-16-14-33-12-8-29/h1-2,5-6,19,21-22,27,30H,3-4,7-18,20H2. The van der Waals surface area contributed by atoms with Crippen molar-refractivity contribution < 1.29 is 42.7 Å². The first-order chi connectivity index (χ1) is 18.8. The number of amides is 1. The van der Waals surface area contributed by atoms with Gasteiger partial charge in [-0.1, -0.05) is 18.2 Å². The monoisotopic (exact) mass is 533 g/mol. The Morgan fingerprint density at radius 3 is 2.26 bits per heavy atom. The van der Waals surface area contributed by atoms with Gasteiger partial charge < -0.3 is 42.8 Å². The zero-order valence-electron chi connectivity index (χ0n) is 21.9. The predicted octanol–water partition coefficient (Wildman–Crippen LogP) is 2.84. The highest BCUT2D eigenvalue weighted by molar-refractivity contribution is 5.92. The van der Waals surface area contributed by atoms with Crippen LogP contribution < -0.4 is 0 Å². The van der Waals surface area contributed by atoms with Crippen molar-refractivity contribution in [3.63, 3.8) is 0 Å². The molecule has 3 heterocycles. The smallest absolute Gasteiger partial charge is 0.288 e. The summed E-state index contributed by atoms with van der Waals surface area (Å²) in [6, 6.07) is 7.84. The van der Waals surface area contributed by atoms with E-state index in [1.165, 1.54) is 0 Å². The van der Waals surface area contributed by atoms with Gasteiger partial charge in [-0.3, -0.25) is 4.79 Å². The summed E-state index contributed by atoms with van der Waals surface area (Å²) < 4.78 is 40.2. The number of fused-ring (bicyclic) bond motifs is 1. The van der Waals surface area contributed by atoms with E-state index in [9.17, 15) is 4.79 Å². The highest BCUT2D eigenvalue weighted by atomic mass is 16.7. The summed E-state index contributed by atoms with van der Waals surface area (Å²) in [7, 11) is 0. The lowest BCUT2D eigenvalue weighted by atomic mass is 9.92. The molecule has 4 rings (SSSR count). The van der Waals surface area contributed by atoms with Crippen LogP contribution in [0.2, 0.25) is 0 Å². The fraction of sp³-hybridized carbons (Fsp3) is 0.607. The van der Waals surface area contributed by atoms with Gasteiger partial charge in [0.1, 0.15) is 5.58 Å². The number of benzene rings is 1. The van der Waals surface area contributed by atoms with E-state index in [0.717, 1.165) is 16.5 Å². The molecule has 1 N–H and O–H groups in total. The molecule has 0 saturated carbocycles. The van der Waals surface area contributed by atoms with Crippen LogP contribution in [-0.2, 0) is 33.2 Å². The summed E-state index contributed by atoms with van der Waals surface area (Å²) in [5, 5.41) is 10.1. The average Bonchev–Trinajstić information content (AvgIpc) is 3.37. The molecule has 1 aromatic heterocycles. The van der Waals surface area contributed by atoms with E-state index in [4.69, 9.17) is 37.9 Å². The molecule has 2 atom stereocenters. The van der Waals surface area contributed by atoms with Gasteiger partial charge in [0.15, 0.2) is 5.76 Å². The van der Waals surface area contributed by atoms with Gasteiger partial charge in [0.25, 0.3) is 5.91 Å². The molecule has 210 valence electrons. The highest BCUT2D eigenvalue weighted by Crippen LogP contribution is 2.36. The molecule has 0 bridgehead atoms. The van der Waals surface area contributed by atoms with Gasteiger partial charge in [-0.05, 0) is 25.0 Å². The van der Waals surface area contributed by atoms with Crippen LogP contribution in [0.1, 0.15) is 30.7 Å². The van der Waals surface area contributed by atoms with Gasteiger partial charge in [0.05, 0.1) is 65.7 Å². The molecule has 2 aromatic rings. The Balaban J connectivity index is 1.49. The number of rotatable bonds is 7. The van der Waals surface area contributed by atoms with Crippen LogP contribution in [0.15, 0.2) is 46.8 Å². The molecule has 2 aliphatic heterocycles. The number of hydrogen-bond donors (Lipinski definition) is 1. The Labute approximate surface area is 223 Å². The molecule has 0 radical (unpaired) electrons. The number of carbonyl (C=O) groups excluding carboxylic acids is 1. The molecule has 1 fully saturated rings. The van der Waals surface area contributed by atoms with Crippen LogP contribution in [-0.4, -0.2) is 101 Å². The normalized spacial score (nSPS) is 22.8. The second-order valence-corrected chi connectivity index (χ2v) is 9.15. The lowest BCUT2D eigenvalue weighted by Crippen LogP contribution is -2.40. The van der Waals surface area contributed by atoms with E-state index in [0.29, 0.717) is 91.8 Å². The number of aliphatic hydroxyl groups is 1. The number of para-hydroxylation sites is 1. The first-order valence-electron chi connectivity index (χ1n) is 13.4. The summed E-state index contributed by atoms with van der Waals surface area (Å²) in [5.74, 6) is -0.127. The van der Waals surface area contributed by atoms with Crippen LogP contribution in [0.4, 0.5) is 0 Å². The predicted molar refractivity (Wildman–Crippen MR) is 139 cm³/mol. The summed E-state index contributed by atoms with van der Waals surface area (Å²) in [4.78, 5) is 15.4. The lowest BCUT2D eigenvalue weighted by molar-refractivity contribution is -0.153. The Bertz CT molecular complexity index is 991. The molecule has 1 saturated heterocycles. The number of carbonyl (C=O) groups is 1. The molecule has 1 amide bonds. The Hall–Kier alpha value is -2.47. The largest absolute Gasteiger partial charge is 0.464 e. The third-order valence-electron chi connectivity index (χ3n) is 6.45. The number of nitrogens with zero attached hydrogens (tertiary/aromatic N) is 1. The summed E-state index contributed by atoms with van der Waals surface area (Å²) in [6.45, 7) is 4.91. The average molecular weight is 534 g/mol. The van der Waals surface area contributed by atoms with Crippen LogP contribution in [0, 0.1) is 0 Å². The van der Waals surface area contributed by atoms with E-state index in [2.05, 4.69) is 0 Å². The van der Waals surface area contributed by atoms with Crippen molar-refractivity contribution in [2.24, 2.45) is 0 Å². The maximum atomic E-state index is 13.7. The van der Waals surface area contributed by atoms with Crippen molar-refractivity contribution in [1.82, 2.24) is 4.90 Å². The van der Waals surface area contributed by atoms with Gasteiger partial charge in [0.2, 0.25) is 6.29 Å². The second kappa shape index (κ2) is 15.8. The number of ether oxygens (including phenoxy) is 6. The van der Waals surface area contributed by atoms with E-state index in [1.54, 1.807) is 11.2 Å². The van der Waals surface area contributed by atoms with E-state index in [-0.39, 0.29) is 24.2 Å². The van der Waals surface area contributed by atoms with Crippen molar-refractivity contribution in [2.75, 3.05) is 79.2 Å². The van der Waals surface area contributed by atoms with Crippen LogP contribution in [0.3, 0.4) is 0 Å². The molecular formula is C28H39NO9. The topological polar surface area (TPSA) is 109 Å². The van der Waals surface area contributed by atoms with Crippen LogP contribution in [0.5, 0.6) is 0 Å². The van der Waals surface area contributed by atoms with Gasteiger partial charge in [-0.15, -0.1) is 0 Å². The highest BCUT2D eigenvalue weighted by Gasteiger charge is 2.32. The summed E-state index contributed by atoms with van der Waals surface area (Å²) in [5.41, 5.74) is 1.78. The molecule has 2 unspecified atom stereocenters. The van der Waals surface area contributed by atoms with Gasteiger partial charge in [-0.2, -0.15) is 0 Å². The Morgan fingerprint density at radius 1 is 0.921 bits per heavy atom. The van der Waals surface area contributed by atoms with Gasteiger partial charge >= 0.3 is 0 Å². The van der Waals surface area contributed by atoms with Crippen molar-refractivity contribution >= 4 is 16.9 Å². The van der Waals surface area contributed by atoms with Crippen molar-refractivity contribution in [2.45, 2.75) is 31.5 Å². The van der Waals surface area contributed by atoms with Crippen molar-refractivity contribution in [3.05, 3.63) is 47.9 Å². The zero-order valence-corrected chi connectivity index (χ0v) is 21.9. The van der Waals surface area contributed by atoms with Crippen LogP contribution >= 0.6 is 0 Å². The molecule has 0 aliphatic carbocycles. The molecule has 2 aliphatic rings. The molecular weight excluding hydrogens is 494 g/mol. The maximum Gasteiger partial charge on any atom is 0.288 e. The Morgan fingerprint density at radius 2 is 1.58 bits per heavy atom. The fourth-order valence-corrected chi connectivity index (χ4v) is 4.42. The minimum absolute atomic E-state index is 0.111. The third kappa shape index (κ3) is 8.52. The second-order valence-electron chi connectivity index (χ2n) is 9.15. The zero-order chi connectivity index (χ0) is 26.4. The van der Waals surface area contributed by atoms with Crippen molar-refractivity contribution in [3.8, 4) is 0 Å². The van der Waals surface area contributed by atoms with Crippen LogP contribution in [0.25, 0.3) is 11.0 Å². The lowest BCUT2D eigenvalue weighted by Gasteiger charge is -2.31. The van der Waals surface area contributed by atoms with E-state index in [1.807, 2.05) is 30.3 Å². The first-order valence-corrected chi connectivity index (χ1v) is 13.4. The quantitative estimate of drug-likeness (QED) is 0.538. The Kier molecular flexibility index (Phi) is 11.9. The number of allylic oxidation sites excluding steroid dienone is 1. The van der Waals surface area contributed by atoms with Crippen molar-refractivity contribution in [1.29, 1.82) is 0 Å². The first kappa shape index (κ1) is 28.5. The minimum Gasteiger partial charge on any atom is -0.464 e. The van der Waals surface area contributed by atoms with Gasteiger partial charge in [-0.25, -0.2) is 0 Å². The number of aliphatic hydroxyl groups excluding tert-OH is 1. The SMILES string of the molecule is O=C(C1=CC(c2coc3ccccc23)CC(OCCCCO)O1)N1CCOCCOCCOCCOCC1. The number of furan rings is 1. The molecule has 38 heavy (non-hydrogen) atoms. The minimum atomic E-state index is -0.596. The summed E-state index contributed by atoms with van der Waals surface area (Å²) in [6.07, 6.45) is 4.92. The third-order valence-corrected chi connectivity index (χ3v) is 6.45. The number of unbranched alkanes of at least 4 members (excludes halogenated alkanes) is 1. The fourth-order valence-electron chi connectivity index (χ4n) is 4.42. The maximum absolute atomic E-state index is 13.7. The number of hydrogen-bond acceptors (Lipinski definition) is 9. The van der Waals surface area contributed by atoms with Gasteiger partial charge in [0, 0.05) is 43.0 Å². The van der Waals surface area contributed by atoms with E-state index < -0.39 is 6.29 Å². The molecule has 0 spiro atoms. The molecule has 1 aromatic carbocycles. The summed E-state index contributed by atoms with van der Waals surface area (Å²) >= 11 is 0. The van der Waals surface area contributed by atoms with E-state index >= 15 is 0 Å².